The van der Waals surface area contributed by atoms with Crippen LogP contribution in [0, 0.1) is 0 Å². The average Bonchev–Trinajstić information content (AvgIpc) is 2.26. The molecular weight excluding hydrogens is 240 g/mol. The van der Waals surface area contributed by atoms with Crippen LogP contribution in [-0.2, 0) is 21.6 Å². The largest absolute Gasteiger partial charge is 0.254 e. The van der Waals surface area contributed by atoms with Crippen molar-refractivity contribution in [2.24, 2.45) is 0 Å². The van der Waals surface area contributed by atoms with Crippen molar-refractivity contribution in [3.63, 3.8) is 0 Å². The van der Waals surface area contributed by atoms with Crippen LogP contribution in [0.25, 0.3) is 0 Å². The lowest BCUT2D eigenvalue weighted by Gasteiger charge is -2.09. The first kappa shape index (κ1) is 13.6. The van der Waals surface area contributed by atoms with Crippen LogP contribution in [0.15, 0.2) is 34.1 Å². The van der Waals surface area contributed by atoms with E-state index in [-0.39, 0.29) is 10.5 Å². The summed E-state index contributed by atoms with van der Waals surface area (Å²) in [6.07, 6.45) is 0. The quantitative estimate of drug-likeness (QED) is 0.832. The maximum absolute atomic E-state index is 11.9. The van der Waals surface area contributed by atoms with E-state index in [9.17, 15) is 8.42 Å². The van der Waals surface area contributed by atoms with Crippen molar-refractivity contribution < 1.29 is 8.42 Å². The topological polar surface area (TPSA) is 34.1 Å². The van der Waals surface area contributed by atoms with Crippen molar-refractivity contribution in [2.75, 3.05) is 0 Å². The van der Waals surface area contributed by atoms with Crippen LogP contribution in [0.4, 0.5) is 0 Å². The van der Waals surface area contributed by atoms with E-state index in [1.165, 1.54) is 0 Å². The number of hydrogen-bond acceptors (Lipinski definition) is 2. The van der Waals surface area contributed by atoms with Gasteiger partial charge in [0.05, 0.1) is 21.6 Å². The zero-order chi connectivity index (χ0) is 12.3. The first-order valence-electron chi connectivity index (χ1n) is 5.34. The van der Waals surface area contributed by atoms with E-state index in [1.807, 2.05) is 45.9 Å². The molecule has 0 saturated heterocycles. The molecule has 0 heterocycles. The minimum absolute atomic E-state index is 0.0859. The molecule has 0 radical (unpaired) electrons. The van der Waals surface area contributed by atoms with E-state index >= 15 is 0 Å². The second-order valence-electron chi connectivity index (χ2n) is 4.17. The highest BCUT2D eigenvalue weighted by Crippen LogP contribution is 2.17. The van der Waals surface area contributed by atoms with Crippen molar-refractivity contribution in [1.82, 2.24) is 0 Å². The van der Waals surface area contributed by atoms with E-state index in [4.69, 9.17) is 0 Å². The molecule has 2 atom stereocenters. The summed E-state index contributed by atoms with van der Waals surface area (Å²) in [6.45, 7) is 7.68. The van der Waals surface area contributed by atoms with Crippen LogP contribution >= 0.6 is 0 Å². The number of benzene rings is 1. The zero-order valence-corrected chi connectivity index (χ0v) is 11.7. The van der Waals surface area contributed by atoms with Gasteiger partial charge in [-0.3, -0.25) is 8.42 Å². The van der Waals surface area contributed by atoms with E-state index < -0.39 is 21.6 Å². The molecule has 0 aliphatic heterocycles. The van der Waals surface area contributed by atoms with Gasteiger partial charge >= 0.3 is 0 Å². The van der Waals surface area contributed by atoms with Crippen molar-refractivity contribution >= 4 is 21.6 Å². The Morgan fingerprint density at radius 3 is 1.56 bits per heavy atom. The molecule has 1 aromatic carbocycles. The molecule has 0 N–H and O–H groups in total. The second kappa shape index (κ2) is 5.73. The predicted octanol–water partition coefficient (Wildman–Crippen LogP) is 2.72. The third-order valence-corrected chi connectivity index (χ3v) is 5.28. The standard InChI is InChI=1S/C12H18O2S2/c1-9(2)15(13)11-6-5-7-12(8-11)16(14)10(3)4/h5-10H,1-4H3. The Morgan fingerprint density at radius 1 is 0.875 bits per heavy atom. The molecule has 0 amide bonds. The Morgan fingerprint density at radius 2 is 1.25 bits per heavy atom. The lowest BCUT2D eigenvalue weighted by Crippen LogP contribution is -2.09. The SMILES string of the molecule is CC(C)S(=O)c1cccc(S(=O)C(C)C)c1. The summed E-state index contributed by atoms with van der Waals surface area (Å²) in [5.41, 5.74) is 0. The lowest BCUT2D eigenvalue weighted by atomic mass is 10.4. The summed E-state index contributed by atoms with van der Waals surface area (Å²) in [6, 6.07) is 7.28. The molecule has 16 heavy (non-hydrogen) atoms. The third kappa shape index (κ3) is 3.25. The van der Waals surface area contributed by atoms with Crippen LogP contribution in [-0.4, -0.2) is 18.9 Å². The molecule has 0 spiro atoms. The summed E-state index contributed by atoms with van der Waals surface area (Å²) >= 11 is 0. The van der Waals surface area contributed by atoms with Gasteiger partial charge in [-0.15, -0.1) is 0 Å². The molecule has 0 aliphatic carbocycles. The molecule has 1 aromatic rings. The number of hydrogen-bond donors (Lipinski definition) is 0. The fourth-order valence-corrected chi connectivity index (χ4v) is 3.34. The fourth-order valence-electron chi connectivity index (χ4n) is 1.27. The van der Waals surface area contributed by atoms with E-state index in [0.29, 0.717) is 0 Å². The molecule has 1 rings (SSSR count). The van der Waals surface area contributed by atoms with Gasteiger partial charge in [0.15, 0.2) is 0 Å². The maximum atomic E-state index is 11.9. The summed E-state index contributed by atoms with van der Waals surface area (Å²) < 4.78 is 23.8. The molecule has 2 nitrogen and oxygen atoms in total. The molecule has 2 unspecified atom stereocenters. The Labute approximate surface area is 102 Å². The Balaban J connectivity index is 3.05. The van der Waals surface area contributed by atoms with Crippen molar-refractivity contribution in [3.05, 3.63) is 24.3 Å². The third-order valence-electron chi connectivity index (χ3n) is 2.13. The van der Waals surface area contributed by atoms with Gasteiger partial charge in [-0.05, 0) is 18.2 Å². The van der Waals surface area contributed by atoms with E-state index in [1.54, 1.807) is 6.07 Å². The highest BCUT2D eigenvalue weighted by molar-refractivity contribution is 7.86. The minimum atomic E-state index is -1.01. The van der Waals surface area contributed by atoms with E-state index in [0.717, 1.165) is 9.79 Å². The smallest absolute Gasteiger partial charge is 0.0555 e. The molecule has 4 heteroatoms. The normalized spacial score (nSPS) is 15.4. The second-order valence-corrected chi connectivity index (χ2v) is 8.19. The van der Waals surface area contributed by atoms with Gasteiger partial charge in [0, 0.05) is 20.3 Å². The van der Waals surface area contributed by atoms with Gasteiger partial charge in [0.1, 0.15) is 0 Å². The zero-order valence-electron chi connectivity index (χ0n) is 10.1. The highest BCUT2D eigenvalue weighted by atomic mass is 32.2. The van der Waals surface area contributed by atoms with Crippen molar-refractivity contribution in [1.29, 1.82) is 0 Å². The van der Waals surface area contributed by atoms with Crippen LogP contribution in [0.3, 0.4) is 0 Å². The summed E-state index contributed by atoms with van der Waals surface area (Å²) in [5.74, 6) is 0. The summed E-state index contributed by atoms with van der Waals surface area (Å²) in [7, 11) is -2.02. The Hall–Kier alpha value is -0.480. The van der Waals surface area contributed by atoms with Gasteiger partial charge in [-0.2, -0.15) is 0 Å². The van der Waals surface area contributed by atoms with Gasteiger partial charge in [-0.25, -0.2) is 0 Å². The van der Waals surface area contributed by atoms with Crippen molar-refractivity contribution in [2.45, 2.75) is 48.0 Å². The maximum Gasteiger partial charge on any atom is 0.0555 e. The molecule has 0 bridgehead atoms. The number of rotatable bonds is 4. The van der Waals surface area contributed by atoms with E-state index in [2.05, 4.69) is 0 Å². The van der Waals surface area contributed by atoms with Gasteiger partial charge in [-0.1, -0.05) is 33.8 Å². The summed E-state index contributed by atoms with van der Waals surface area (Å²) in [4.78, 5) is 1.53. The molecular formula is C12H18O2S2. The summed E-state index contributed by atoms with van der Waals surface area (Å²) in [5, 5.41) is 0.172. The first-order chi connectivity index (χ1) is 7.43. The van der Waals surface area contributed by atoms with Gasteiger partial charge < -0.3 is 0 Å². The van der Waals surface area contributed by atoms with Crippen LogP contribution < -0.4 is 0 Å². The van der Waals surface area contributed by atoms with Gasteiger partial charge in [0.25, 0.3) is 0 Å². The molecule has 0 saturated carbocycles. The van der Waals surface area contributed by atoms with Crippen LogP contribution in [0.5, 0.6) is 0 Å². The Kier molecular flexibility index (Phi) is 4.87. The molecule has 0 fully saturated rings. The van der Waals surface area contributed by atoms with Crippen LogP contribution in [0.1, 0.15) is 27.7 Å². The lowest BCUT2D eigenvalue weighted by molar-refractivity contribution is 0.675. The fraction of sp³-hybridized carbons (Fsp3) is 0.500. The minimum Gasteiger partial charge on any atom is -0.254 e. The Bertz CT molecular complexity index is 376. The molecule has 0 aliphatic rings. The van der Waals surface area contributed by atoms with Crippen LogP contribution in [0.2, 0.25) is 0 Å². The molecule has 0 aromatic heterocycles. The molecule has 90 valence electrons. The monoisotopic (exact) mass is 258 g/mol. The average molecular weight is 258 g/mol. The van der Waals surface area contributed by atoms with Crippen molar-refractivity contribution in [3.8, 4) is 0 Å². The first-order valence-corrected chi connectivity index (χ1v) is 7.77. The van der Waals surface area contributed by atoms with Gasteiger partial charge in [0.2, 0.25) is 0 Å². The predicted molar refractivity (Wildman–Crippen MR) is 69.5 cm³/mol. The highest BCUT2D eigenvalue weighted by Gasteiger charge is 2.12.